The predicted octanol–water partition coefficient (Wildman–Crippen LogP) is 1.10. The first-order valence-electron chi connectivity index (χ1n) is 6.34. The molecular formula is C11H26ClN3O2S. The summed E-state index contributed by atoms with van der Waals surface area (Å²) >= 11 is 0. The molecule has 0 aromatic rings. The molecule has 0 aromatic carbocycles. The summed E-state index contributed by atoms with van der Waals surface area (Å²) in [4.78, 5) is 0. The molecule has 0 radical (unpaired) electrons. The van der Waals surface area contributed by atoms with Gasteiger partial charge in [0.25, 0.3) is 10.2 Å². The molecule has 110 valence electrons. The molecule has 0 aromatic heterocycles. The predicted molar refractivity (Wildman–Crippen MR) is 77.0 cm³/mol. The van der Waals surface area contributed by atoms with Gasteiger partial charge in [0.05, 0.1) is 0 Å². The van der Waals surface area contributed by atoms with Crippen LogP contribution in [0.3, 0.4) is 0 Å². The van der Waals surface area contributed by atoms with Gasteiger partial charge in [-0.3, -0.25) is 0 Å². The lowest BCUT2D eigenvalue weighted by Crippen LogP contribution is -2.51. The molecule has 1 atom stereocenters. The minimum absolute atomic E-state index is 0. The second-order valence-corrected chi connectivity index (χ2v) is 6.88. The molecule has 0 amide bonds. The van der Waals surface area contributed by atoms with E-state index < -0.39 is 10.2 Å². The van der Waals surface area contributed by atoms with E-state index in [1.54, 1.807) is 7.05 Å². The Labute approximate surface area is 117 Å². The molecule has 1 saturated carbocycles. The van der Waals surface area contributed by atoms with E-state index in [4.69, 9.17) is 5.73 Å². The maximum Gasteiger partial charge on any atom is 0.279 e. The maximum absolute atomic E-state index is 12.1. The zero-order chi connectivity index (χ0) is 13.1. The minimum atomic E-state index is -3.40. The first-order chi connectivity index (χ1) is 7.88. The molecule has 0 saturated heterocycles. The van der Waals surface area contributed by atoms with E-state index >= 15 is 0 Å². The summed E-state index contributed by atoms with van der Waals surface area (Å²) in [5, 5.41) is 0. The van der Waals surface area contributed by atoms with E-state index in [0.29, 0.717) is 12.5 Å². The topological polar surface area (TPSA) is 75.4 Å². The summed E-state index contributed by atoms with van der Waals surface area (Å²) in [6, 6.07) is -0.168. The van der Waals surface area contributed by atoms with Crippen LogP contribution in [-0.4, -0.2) is 38.4 Å². The molecule has 0 aliphatic heterocycles. The molecule has 1 unspecified atom stereocenters. The van der Waals surface area contributed by atoms with Gasteiger partial charge >= 0.3 is 0 Å². The number of rotatable bonds is 6. The normalized spacial score (nSPS) is 19.2. The average Bonchev–Trinajstić information content (AvgIpc) is 2.78. The number of hydrogen-bond donors (Lipinski definition) is 2. The highest BCUT2D eigenvalue weighted by Gasteiger charge is 2.30. The highest BCUT2D eigenvalue weighted by Crippen LogP contribution is 2.27. The Morgan fingerprint density at radius 1 is 1.33 bits per heavy atom. The molecule has 1 rings (SSSR count). The highest BCUT2D eigenvalue weighted by molar-refractivity contribution is 7.87. The second-order valence-electron chi connectivity index (χ2n) is 5.12. The Balaban J connectivity index is 0.00000289. The maximum atomic E-state index is 12.1. The van der Waals surface area contributed by atoms with Crippen LogP contribution in [0.2, 0.25) is 0 Å². The summed E-state index contributed by atoms with van der Waals surface area (Å²) in [6.07, 6.45) is 4.53. The van der Waals surface area contributed by atoms with Crippen LogP contribution in [-0.2, 0) is 10.2 Å². The smallest absolute Gasteiger partial charge is 0.279 e. The third-order valence-corrected chi connectivity index (χ3v) is 5.41. The first-order valence-corrected chi connectivity index (χ1v) is 7.78. The molecule has 1 aliphatic rings. The van der Waals surface area contributed by atoms with Crippen LogP contribution >= 0.6 is 12.4 Å². The van der Waals surface area contributed by atoms with E-state index in [0.717, 1.165) is 12.8 Å². The van der Waals surface area contributed by atoms with Gasteiger partial charge in [-0.15, -0.1) is 12.4 Å². The molecular weight excluding hydrogens is 274 g/mol. The fourth-order valence-corrected chi connectivity index (χ4v) is 3.64. The van der Waals surface area contributed by atoms with Crippen molar-refractivity contribution in [3.63, 3.8) is 0 Å². The van der Waals surface area contributed by atoms with Crippen LogP contribution in [0.5, 0.6) is 0 Å². The van der Waals surface area contributed by atoms with Crippen LogP contribution in [0.1, 0.15) is 39.5 Å². The Bertz CT molecular complexity index is 329. The Morgan fingerprint density at radius 2 is 1.83 bits per heavy atom. The number of halogens is 1. The van der Waals surface area contributed by atoms with Gasteiger partial charge in [0.1, 0.15) is 0 Å². The van der Waals surface area contributed by atoms with Gasteiger partial charge < -0.3 is 5.73 Å². The van der Waals surface area contributed by atoms with Crippen molar-refractivity contribution in [1.82, 2.24) is 9.03 Å². The Morgan fingerprint density at radius 3 is 2.22 bits per heavy atom. The highest BCUT2D eigenvalue weighted by atomic mass is 35.5. The third-order valence-electron chi connectivity index (χ3n) is 3.63. The number of nitrogens with zero attached hydrogens (tertiary/aromatic N) is 1. The molecule has 0 bridgehead atoms. The SMILES string of the molecule is CC(C)N(C)S(=O)(=O)NC(CN)C1CCCC1.Cl. The van der Waals surface area contributed by atoms with E-state index in [2.05, 4.69) is 4.72 Å². The number of nitrogens with two attached hydrogens (primary N) is 1. The summed E-state index contributed by atoms with van der Waals surface area (Å²) < 4.78 is 28.2. The summed E-state index contributed by atoms with van der Waals surface area (Å²) in [5.74, 6) is 0.398. The van der Waals surface area contributed by atoms with Crippen molar-refractivity contribution < 1.29 is 8.42 Å². The quantitative estimate of drug-likeness (QED) is 0.771. The van der Waals surface area contributed by atoms with Crippen LogP contribution in [0, 0.1) is 5.92 Å². The standard InChI is InChI=1S/C11H25N3O2S.ClH/c1-9(2)14(3)17(15,16)13-11(8-12)10-6-4-5-7-10;/h9-11,13H,4-8,12H2,1-3H3;1H. The van der Waals surface area contributed by atoms with Crippen LogP contribution in [0.15, 0.2) is 0 Å². The number of hydrogen-bond acceptors (Lipinski definition) is 3. The largest absolute Gasteiger partial charge is 0.329 e. The van der Waals surface area contributed by atoms with Gasteiger partial charge in [-0.05, 0) is 32.6 Å². The van der Waals surface area contributed by atoms with Crippen molar-refractivity contribution in [2.45, 2.75) is 51.6 Å². The second kappa shape index (κ2) is 7.65. The molecule has 1 fully saturated rings. The van der Waals surface area contributed by atoms with Crippen molar-refractivity contribution in [2.75, 3.05) is 13.6 Å². The van der Waals surface area contributed by atoms with E-state index in [-0.39, 0.29) is 24.5 Å². The molecule has 18 heavy (non-hydrogen) atoms. The van der Waals surface area contributed by atoms with E-state index in [9.17, 15) is 8.42 Å². The van der Waals surface area contributed by atoms with Gasteiger partial charge in [0.15, 0.2) is 0 Å². The molecule has 3 N–H and O–H groups in total. The van der Waals surface area contributed by atoms with Crippen LogP contribution in [0.25, 0.3) is 0 Å². The zero-order valence-corrected chi connectivity index (χ0v) is 13.1. The molecule has 0 spiro atoms. The lowest BCUT2D eigenvalue weighted by molar-refractivity contribution is 0.365. The third kappa shape index (κ3) is 4.66. The van der Waals surface area contributed by atoms with Gasteiger partial charge in [0, 0.05) is 25.7 Å². The van der Waals surface area contributed by atoms with Crippen molar-refractivity contribution >= 4 is 22.6 Å². The molecule has 5 nitrogen and oxygen atoms in total. The molecule has 0 heterocycles. The molecule has 7 heteroatoms. The van der Waals surface area contributed by atoms with Gasteiger partial charge in [0.2, 0.25) is 0 Å². The number of nitrogens with one attached hydrogen (secondary N) is 1. The van der Waals surface area contributed by atoms with Gasteiger partial charge in [-0.25, -0.2) is 0 Å². The lowest BCUT2D eigenvalue weighted by atomic mass is 9.99. The van der Waals surface area contributed by atoms with E-state index in [1.807, 2.05) is 13.8 Å². The fraction of sp³-hybridized carbons (Fsp3) is 1.00. The van der Waals surface area contributed by atoms with Crippen molar-refractivity contribution in [2.24, 2.45) is 11.7 Å². The minimum Gasteiger partial charge on any atom is -0.329 e. The van der Waals surface area contributed by atoms with Gasteiger partial charge in [-0.2, -0.15) is 17.4 Å². The Kier molecular flexibility index (Phi) is 7.70. The van der Waals surface area contributed by atoms with Gasteiger partial charge in [-0.1, -0.05) is 12.8 Å². The summed E-state index contributed by atoms with van der Waals surface area (Å²) in [5.41, 5.74) is 5.69. The summed E-state index contributed by atoms with van der Waals surface area (Å²) in [6.45, 7) is 4.08. The zero-order valence-electron chi connectivity index (χ0n) is 11.4. The van der Waals surface area contributed by atoms with Crippen molar-refractivity contribution in [1.29, 1.82) is 0 Å². The van der Waals surface area contributed by atoms with E-state index in [1.165, 1.54) is 17.1 Å². The molecule has 1 aliphatic carbocycles. The fourth-order valence-electron chi connectivity index (χ4n) is 2.25. The van der Waals surface area contributed by atoms with Crippen LogP contribution < -0.4 is 10.5 Å². The van der Waals surface area contributed by atoms with Crippen molar-refractivity contribution in [3.8, 4) is 0 Å². The van der Waals surface area contributed by atoms with Crippen LogP contribution in [0.4, 0.5) is 0 Å². The van der Waals surface area contributed by atoms with Crippen molar-refractivity contribution in [3.05, 3.63) is 0 Å². The monoisotopic (exact) mass is 299 g/mol. The lowest BCUT2D eigenvalue weighted by Gasteiger charge is -2.28. The first kappa shape index (κ1) is 18.1. The average molecular weight is 300 g/mol. The summed E-state index contributed by atoms with van der Waals surface area (Å²) in [7, 11) is -1.81. The Hall–Kier alpha value is 0.120.